The number of amides is 14. The standard InChI is InChI=1S/C90H138N34O20/c1-105-89(106-2)113-41-7-15-57(72(94)131)117-76(135)61(17-9-37-109-85(97)98)120-80(139)63(19-11-39-111-87(101)102)123-82(141)65(31-32-69(93)128)124-81(140)64(20-12-40-112-88(103)104)122-79(138)62(18-10-38-110-86(99)100)121-78(137)60(14-4-6-35-92)119-77(136)59(13-3-5-34-91)118-75(134)58(16-8-36-108-84(95)96)115-71(130)47-114-74(133)66(43-48-21-24-50(125)25-22-48)116-70(129)33-42-107-73(132)49-23-28-53-56(44-49)90(144-83(53)142)54-29-26-51(126)45-67(54)143-68-46-52(127)27-30-55(68)90/h21-30,44-46,57-66,125-127H,3-20,31-43,47,91-92H2,1-2H3,(H2,93,128)(H2,94,131)(H,107,132)(H,114,133)(H,115,130)(H,116,129)(H,117,135)(H,118,134)(H,119,136)(H,120,139)(H,121,137)(H,122,138)(H,123,141)(H,124,140)(H4,95,96,108)(H4,97,98,109)(H4,99,100,110)(H4,101,102,111)(H4,103,104,112)(H2,105,106,113)/t57-,58-,59-,60-,61-,62-,63-,64-,65-,66-/m0/s1. The molecule has 0 saturated heterocycles. The quantitative estimate of drug-likeness (QED) is 0.00845. The van der Waals surface area contributed by atoms with Crippen LogP contribution in [-0.4, -0.2) is 280 Å². The molecule has 2 heterocycles. The lowest BCUT2D eigenvalue weighted by atomic mass is 9.77. The molecule has 0 saturated carbocycles. The van der Waals surface area contributed by atoms with Crippen molar-refractivity contribution in [3.63, 3.8) is 0 Å². The second-order valence-corrected chi connectivity index (χ2v) is 33.9. The number of carbonyl (C=O) groups excluding carboxylic acids is 15. The molecule has 144 heavy (non-hydrogen) atoms. The predicted octanol–water partition coefficient (Wildman–Crippen LogP) is -7.40. The first-order valence-electron chi connectivity index (χ1n) is 46.9. The highest BCUT2D eigenvalue weighted by molar-refractivity contribution is 6.03. The van der Waals surface area contributed by atoms with E-state index < -0.39 is 210 Å². The number of nitrogens with one attached hydrogen (secondary N) is 24. The molecule has 6 rings (SSSR count). The molecule has 14 amide bonds. The van der Waals surface area contributed by atoms with Crippen LogP contribution >= 0.6 is 0 Å². The second-order valence-electron chi connectivity index (χ2n) is 33.9. The molecule has 54 nitrogen and oxygen atoms in total. The molecule has 2 aliphatic heterocycles. The van der Waals surface area contributed by atoms with Crippen molar-refractivity contribution in [1.29, 1.82) is 27.0 Å². The minimum atomic E-state index is -1.76. The monoisotopic (exact) mass is 2020 g/mol. The number of rotatable bonds is 63. The van der Waals surface area contributed by atoms with E-state index in [0.29, 0.717) is 48.5 Å². The van der Waals surface area contributed by atoms with Gasteiger partial charge in [-0.25, -0.2) is 4.79 Å². The van der Waals surface area contributed by atoms with Crippen molar-refractivity contribution in [2.75, 3.05) is 79.5 Å². The van der Waals surface area contributed by atoms with Crippen LogP contribution in [0.25, 0.3) is 0 Å². The van der Waals surface area contributed by atoms with Crippen LogP contribution < -0.4 is 157 Å². The van der Waals surface area contributed by atoms with Crippen LogP contribution in [0.4, 0.5) is 0 Å². The van der Waals surface area contributed by atoms with E-state index >= 15 is 9.59 Å². The predicted molar refractivity (Wildman–Crippen MR) is 528 cm³/mol. The van der Waals surface area contributed by atoms with Crippen LogP contribution in [0.15, 0.2) is 83.9 Å². The Labute approximate surface area is 830 Å². The summed E-state index contributed by atoms with van der Waals surface area (Å²) in [5.41, 5.74) is 50.7. The average molecular weight is 2020 g/mol. The minimum Gasteiger partial charge on any atom is -0.508 e. The van der Waals surface area contributed by atoms with Gasteiger partial charge >= 0.3 is 5.97 Å². The summed E-state index contributed by atoms with van der Waals surface area (Å²) < 4.78 is 12.2. The maximum absolute atomic E-state index is 15.1. The van der Waals surface area contributed by atoms with Gasteiger partial charge < -0.3 is 177 Å². The molecule has 0 aromatic heterocycles. The Morgan fingerprint density at radius 2 is 0.722 bits per heavy atom. The van der Waals surface area contributed by atoms with Gasteiger partial charge in [0.2, 0.25) is 76.8 Å². The van der Waals surface area contributed by atoms with Gasteiger partial charge in [-0.15, -0.1) is 0 Å². The number of carbonyl (C=O) groups is 15. The molecular formula is C90H138N34O20. The molecule has 10 atom stereocenters. The van der Waals surface area contributed by atoms with Gasteiger partial charge in [0.15, 0.2) is 41.4 Å². The van der Waals surface area contributed by atoms with Crippen LogP contribution in [0.3, 0.4) is 0 Å². The lowest BCUT2D eigenvalue weighted by molar-refractivity contribution is -0.136. The van der Waals surface area contributed by atoms with E-state index in [9.17, 15) is 77.6 Å². The maximum atomic E-state index is 15.1. The van der Waals surface area contributed by atoms with Gasteiger partial charge in [-0.1, -0.05) is 12.1 Å². The summed E-state index contributed by atoms with van der Waals surface area (Å²) in [4.78, 5) is 218. The van der Waals surface area contributed by atoms with Crippen molar-refractivity contribution in [2.24, 2.45) is 56.6 Å². The van der Waals surface area contributed by atoms with E-state index in [4.69, 9.17) is 88.1 Å². The van der Waals surface area contributed by atoms with E-state index in [1.54, 1.807) is 14.1 Å². The number of guanidine groups is 6. The van der Waals surface area contributed by atoms with Crippen LogP contribution in [0.1, 0.15) is 178 Å². The zero-order valence-corrected chi connectivity index (χ0v) is 80.3. The third kappa shape index (κ3) is 39.0. The summed E-state index contributed by atoms with van der Waals surface area (Å²) in [6.07, 6.45) is -1.85. The normalized spacial score (nSPS) is 13.9. The molecule has 4 aromatic rings. The summed E-state index contributed by atoms with van der Waals surface area (Å²) in [5.74, 6) is -16.0. The van der Waals surface area contributed by atoms with Crippen molar-refractivity contribution in [1.82, 2.24) is 101 Å². The Morgan fingerprint density at radius 3 is 1.09 bits per heavy atom. The highest BCUT2D eigenvalue weighted by atomic mass is 16.6. The fourth-order valence-corrected chi connectivity index (χ4v) is 15.4. The van der Waals surface area contributed by atoms with Gasteiger partial charge in [0.1, 0.15) is 89.2 Å². The first-order chi connectivity index (χ1) is 68.6. The van der Waals surface area contributed by atoms with Gasteiger partial charge in [0.05, 0.1) is 12.1 Å². The molecule has 0 bridgehead atoms. The van der Waals surface area contributed by atoms with Crippen LogP contribution in [0.5, 0.6) is 28.7 Å². The molecule has 2 aliphatic rings. The Balaban J connectivity index is 1.21. The lowest BCUT2D eigenvalue weighted by Crippen LogP contribution is -2.60. The topological polar surface area (TPSA) is 930 Å². The number of nitrogens with two attached hydrogens (primary N) is 9. The number of esters is 1. The van der Waals surface area contributed by atoms with Gasteiger partial charge in [-0.2, -0.15) is 0 Å². The number of phenols is 3. The summed E-state index contributed by atoms with van der Waals surface area (Å²) in [7, 11) is 3.18. The van der Waals surface area contributed by atoms with Gasteiger partial charge in [0, 0.05) is 114 Å². The molecule has 0 aliphatic carbocycles. The van der Waals surface area contributed by atoms with Crippen molar-refractivity contribution in [3.05, 3.63) is 112 Å². The number of hydrogen-bond acceptors (Lipinski definition) is 28. The number of primary amides is 2. The van der Waals surface area contributed by atoms with Crippen LogP contribution in [0, 0.1) is 27.0 Å². The summed E-state index contributed by atoms with van der Waals surface area (Å²) in [6.45, 7) is -0.772. The van der Waals surface area contributed by atoms with Crippen molar-refractivity contribution >= 4 is 124 Å². The van der Waals surface area contributed by atoms with Gasteiger partial charge in [-0.3, -0.25) is 99.2 Å². The maximum Gasteiger partial charge on any atom is 0.340 e. The van der Waals surface area contributed by atoms with Gasteiger partial charge in [0.25, 0.3) is 5.91 Å². The number of aromatic hydroxyl groups is 3. The highest BCUT2D eigenvalue weighted by Crippen LogP contribution is 2.57. The Morgan fingerprint density at radius 1 is 0.368 bits per heavy atom. The first kappa shape index (κ1) is 116. The third-order valence-corrected chi connectivity index (χ3v) is 22.8. The van der Waals surface area contributed by atoms with E-state index in [1.165, 1.54) is 78.9 Å². The second kappa shape index (κ2) is 60.0. The average Bonchev–Trinajstić information content (AvgIpc) is 1.52. The summed E-state index contributed by atoms with van der Waals surface area (Å²) in [5, 5.41) is 120. The Kier molecular flexibility index (Phi) is 48.5. The Bertz CT molecular complexity index is 5150. The van der Waals surface area contributed by atoms with E-state index in [0.717, 1.165) is 0 Å². The first-order valence-corrected chi connectivity index (χ1v) is 46.9. The zero-order valence-electron chi connectivity index (χ0n) is 80.3. The molecule has 0 radical (unpaired) electrons. The van der Waals surface area contributed by atoms with Crippen LogP contribution in [0.2, 0.25) is 0 Å². The van der Waals surface area contributed by atoms with Crippen molar-refractivity contribution in [2.45, 2.75) is 207 Å². The van der Waals surface area contributed by atoms with Crippen LogP contribution in [-0.2, 0) is 79.1 Å². The molecule has 0 fully saturated rings. The number of unbranched alkanes of at least 4 members (excludes halogenated alkanes) is 2. The largest absolute Gasteiger partial charge is 0.508 e. The van der Waals surface area contributed by atoms with Crippen molar-refractivity contribution in [3.8, 4) is 28.7 Å². The number of aliphatic imine (C=N–C) groups is 1. The smallest absolute Gasteiger partial charge is 0.340 e. The highest BCUT2D eigenvalue weighted by Gasteiger charge is 2.54. The third-order valence-electron chi connectivity index (χ3n) is 22.8. The Hall–Kier alpha value is -16.3. The zero-order chi connectivity index (χ0) is 106. The molecule has 54 heteroatoms. The molecule has 1 spiro atoms. The fraction of sp³-hybridized carbons (Fsp3) is 0.500. The molecule has 788 valence electrons. The van der Waals surface area contributed by atoms with E-state index in [2.05, 4.69) is 106 Å². The van der Waals surface area contributed by atoms with E-state index in [1.807, 2.05) is 0 Å². The molecule has 0 unspecified atom stereocenters. The molecular weight excluding hydrogens is 1880 g/mol. The van der Waals surface area contributed by atoms with Crippen molar-refractivity contribution < 1.29 is 96.7 Å². The summed E-state index contributed by atoms with van der Waals surface area (Å²) in [6, 6.07) is 2.78. The number of nitrogens with zero attached hydrogens (tertiary/aromatic N) is 1. The molecule has 45 N–H and O–H groups in total. The number of fused-ring (bicyclic) bond motifs is 6. The minimum absolute atomic E-state index is 0.00821. The fourth-order valence-electron chi connectivity index (χ4n) is 15.4. The van der Waals surface area contributed by atoms with E-state index in [-0.39, 0.29) is 201 Å². The van der Waals surface area contributed by atoms with Gasteiger partial charge in [-0.05, 0) is 195 Å². The number of phenolic OH excluding ortho intramolecular Hbond substituents is 3. The SMILES string of the molecule is CN=C(NC)NCCC[C@H](NC(=O)[C@H](CCCNC(=N)N)NC(=O)[C@H](CCCNC(=N)N)NC(=O)[C@H](CCC(N)=O)NC(=O)[C@H](CCCNC(=N)N)NC(=O)[C@H](CCCNC(=N)N)NC(=O)[C@H](CCCCN)NC(=O)[C@H](CCCCN)NC(=O)[C@H](CCCNC(=N)N)NC(=O)CNC(=O)[C@H](Cc1ccc(O)cc1)NC(=O)CCNC(=O)c1ccc2c(c1)C1(OC2=O)c2ccc(O)cc2Oc2cc(O)ccc21)C(N)=O. The number of hydrogen-bond donors (Lipinski definition) is 36. The summed E-state index contributed by atoms with van der Waals surface area (Å²) >= 11 is 0. The molecule has 4 aromatic carbocycles. The number of ether oxygens (including phenoxy) is 2. The number of benzene rings is 4. The lowest BCUT2D eigenvalue weighted by Gasteiger charge is -2.36.